The minimum absolute atomic E-state index is 0.0521. The molecule has 0 bridgehead atoms. The Bertz CT molecular complexity index is 174. The molecule has 1 saturated heterocycles. The smallest absolute Gasteiger partial charge is 0.309 e. The summed E-state index contributed by atoms with van der Waals surface area (Å²) >= 11 is 0. The quantitative estimate of drug-likeness (QED) is 0.668. The van der Waals surface area contributed by atoms with Crippen molar-refractivity contribution in [2.45, 2.75) is 20.3 Å². The predicted octanol–water partition coefficient (Wildman–Crippen LogP) is 1.04. The highest BCUT2D eigenvalue weighted by atomic mass is 16.5. The van der Waals surface area contributed by atoms with Gasteiger partial charge in [0.2, 0.25) is 0 Å². The van der Waals surface area contributed by atoms with Crippen LogP contribution in [0.25, 0.3) is 0 Å². The van der Waals surface area contributed by atoms with Crippen LogP contribution in [0.2, 0.25) is 0 Å². The number of hydrogen-bond donors (Lipinski definition) is 1. The van der Waals surface area contributed by atoms with Gasteiger partial charge in [0, 0.05) is 0 Å². The molecule has 1 aliphatic rings. The van der Waals surface area contributed by atoms with Gasteiger partial charge in [-0.25, -0.2) is 0 Å². The number of carbonyl (C=O) groups excluding carboxylic acids is 1. The summed E-state index contributed by atoms with van der Waals surface area (Å²) in [5.41, 5.74) is 0. The van der Waals surface area contributed by atoms with Crippen molar-refractivity contribution < 1.29 is 9.53 Å². The molecular formula is C10H19NO2. The molecule has 13 heavy (non-hydrogen) atoms. The predicted molar refractivity (Wildman–Crippen MR) is 51.3 cm³/mol. The highest BCUT2D eigenvalue weighted by molar-refractivity contribution is 5.73. The molecule has 1 heterocycles. The SMILES string of the molecule is COC(=O)C(C(C)C)C1CCNC1. The topological polar surface area (TPSA) is 38.3 Å². The molecular weight excluding hydrogens is 166 g/mol. The maximum Gasteiger partial charge on any atom is 0.309 e. The van der Waals surface area contributed by atoms with Gasteiger partial charge < -0.3 is 10.1 Å². The lowest BCUT2D eigenvalue weighted by atomic mass is 9.83. The van der Waals surface area contributed by atoms with Crippen LogP contribution in [-0.2, 0) is 9.53 Å². The second-order valence-electron chi connectivity index (χ2n) is 4.05. The van der Waals surface area contributed by atoms with E-state index in [9.17, 15) is 4.79 Å². The Hall–Kier alpha value is -0.570. The van der Waals surface area contributed by atoms with Crippen molar-refractivity contribution in [3.05, 3.63) is 0 Å². The van der Waals surface area contributed by atoms with Gasteiger partial charge >= 0.3 is 5.97 Å². The van der Waals surface area contributed by atoms with Gasteiger partial charge in [-0.3, -0.25) is 4.79 Å². The van der Waals surface area contributed by atoms with Gasteiger partial charge in [-0.15, -0.1) is 0 Å². The molecule has 0 aromatic heterocycles. The minimum atomic E-state index is -0.0521. The summed E-state index contributed by atoms with van der Waals surface area (Å²) in [5.74, 6) is 0.855. The third kappa shape index (κ3) is 2.44. The zero-order valence-corrected chi connectivity index (χ0v) is 8.67. The third-order valence-corrected chi connectivity index (χ3v) is 2.80. The second-order valence-corrected chi connectivity index (χ2v) is 4.05. The van der Waals surface area contributed by atoms with Crippen molar-refractivity contribution >= 4 is 5.97 Å². The average molecular weight is 185 g/mol. The van der Waals surface area contributed by atoms with Crippen molar-refractivity contribution in [3.8, 4) is 0 Å². The molecule has 3 heteroatoms. The Labute approximate surface area is 79.8 Å². The fourth-order valence-electron chi connectivity index (χ4n) is 2.13. The zero-order chi connectivity index (χ0) is 9.84. The summed E-state index contributed by atoms with van der Waals surface area (Å²) < 4.78 is 4.82. The van der Waals surface area contributed by atoms with Crippen molar-refractivity contribution in [3.63, 3.8) is 0 Å². The Kier molecular flexibility index (Phi) is 3.72. The van der Waals surface area contributed by atoms with E-state index in [1.54, 1.807) is 0 Å². The van der Waals surface area contributed by atoms with Gasteiger partial charge in [-0.05, 0) is 31.3 Å². The van der Waals surface area contributed by atoms with Gasteiger partial charge in [-0.1, -0.05) is 13.8 Å². The number of nitrogens with one attached hydrogen (secondary N) is 1. The van der Waals surface area contributed by atoms with Crippen LogP contribution in [0.1, 0.15) is 20.3 Å². The first-order valence-corrected chi connectivity index (χ1v) is 4.95. The highest BCUT2D eigenvalue weighted by Crippen LogP contribution is 2.26. The first-order valence-electron chi connectivity index (χ1n) is 4.95. The van der Waals surface area contributed by atoms with Crippen LogP contribution >= 0.6 is 0 Å². The van der Waals surface area contributed by atoms with Gasteiger partial charge in [-0.2, -0.15) is 0 Å². The van der Waals surface area contributed by atoms with Crippen LogP contribution in [0.15, 0.2) is 0 Å². The van der Waals surface area contributed by atoms with Crippen LogP contribution in [0.3, 0.4) is 0 Å². The van der Waals surface area contributed by atoms with E-state index < -0.39 is 0 Å². The van der Waals surface area contributed by atoms with Crippen molar-refractivity contribution in [1.82, 2.24) is 5.32 Å². The fraction of sp³-hybridized carbons (Fsp3) is 0.900. The molecule has 2 unspecified atom stereocenters. The van der Waals surface area contributed by atoms with E-state index in [0.717, 1.165) is 19.5 Å². The van der Waals surface area contributed by atoms with E-state index in [1.807, 2.05) is 0 Å². The molecule has 0 aliphatic carbocycles. The summed E-state index contributed by atoms with van der Waals surface area (Å²) in [6, 6.07) is 0. The molecule has 2 atom stereocenters. The van der Waals surface area contributed by atoms with E-state index >= 15 is 0 Å². The fourth-order valence-corrected chi connectivity index (χ4v) is 2.13. The normalized spacial score (nSPS) is 24.8. The lowest BCUT2D eigenvalue weighted by molar-refractivity contribution is -0.149. The molecule has 1 aliphatic heterocycles. The Balaban J connectivity index is 2.60. The maximum atomic E-state index is 11.5. The zero-order valence-electron chi connectivity index (χ0n) is 8.67. The minimum Gasteiger partial charge on any atom is -0.469 e. The summed E-state index contributed by atoms with van der Waals surface area (Å²) in [6.45, 7) is 6.16. The number of ether oxygens (including phenoxy) is 1. The number of carbonyl (C=O) groups is 1. The number of rotatable bonds is 3. The van der Waals surface area contributed by atoms with Crippen molar-refractivity contribution in [1.29, 1.82) is 0 Å². The first kappa shape index (κ1) is 10.5. The molecule has 1 rings (SSSR count). The number of hydrogen-bond acceptors (Lipinski definition) is 3. The van der Waals surface area contributed by atoms with Crippen LogP contribution in [-0.4, -0.2) is 26.2 Å². The van der Waals surface area contributed by atoms with E-state index in [4.69, 9.17) is 4.74 Å². The average Bonchev–Trinajstić information content (AvgIpc) is 2.56. The Morgan fingerprint density at radius 2 is 2.23 bits per heavy atom. The molecule has 0 spiro atoms. The van der Waals surface area contributed by atoms with Crippen LogP contribution in [0, 0.1) is 17.8 Å². The third-order valence-electron chi connectivity index (χ3n) is 2.80. The molecule has 1 N–H and O–H groups in total. The maximum absolute atomic E-state index is 11.5. The summed E-state index contributed by atoms with van der Waals surface area (Å²) in [5, 5.41) is 3.28. The van der Waals surface area contributed by atoms with E-state index in [2.05, 4.69) is 19.2 Å². The number of esters is 1. The molecule has 0 aromatic rings. The van der Waals surface area contributed by atoms with Crippen molar-refractivity contribution in [2.75, 3.05) is 20.2 Å². The van der Waals surface area contributed by atoms with E-state index in [-0.39, 0.29) is 11.9 Å². The largest absolute Gasteiger partial charge is 0.469 e. The van der Waals surface area contributed by atoms with Crippen LogP contribution < -0.4 is 5.32 Å². The Morgan fingerprint density at radius 3 is 2.62 bits per heavy atom. The highest BCUT2D eigenvalue weighted by Gasteiger charge is 2.33. The van der Waals surface area contributed by atoms with Gasteiger partial charge in [0.1, 0.15) is 0 Å². The van der Waals surface area contributed by atoms with Gasteiger partial charge in [0.05, 0.1) is 13.0 Å². The molecule has 0 aromatic carbocycles. The molecule has 3 nitrogen and oxygen atoms in total. The van der Waals surface area contributed by atoms with E-state index in [1.165, 1.54) is 7.11 Å². The lowest BCUT2D eigenvalue weighted by Gasteiger charge is -2.23. The summed E-state index contributed by atoms with van der Waals surface area (Å²) in [7, 11) is 1.47. The summed E-state index contributed by atoms with van der Waals surface area (Å²) in [6.07, 6.45) is 1.10. The monoisotopic (exact) mass is 185 g/mol. The lowest BCUT2D eigenvalue weighted by Crippen LogP contribution is -2.30. The standard InChI is InChI=1S/C10H19NO2/c1-7(2)9(10(12)13-3)8-4-5-11-6-8/h7-9,11H,4-6H2,1-3H3. The van der Waals surface area contributed by atoms with Gasteiger partial charge in [0.25, 0.3) is 0 Å². The van der Waals surface area contributed by atoms with E-state index in [0.29, 0.717) is 11.8 Å². The Morgan fingerprint density at radius 1 is 1.54 bits per heavy atom. The molecule has 1 fully saturated rings. The van der Waals surface area contributed by atoms with Crippen LogP contribution in [0.4, 0.5) is 0 Å². The number of methoxy groups -OCH3 is 1. The molecule has 0 saturated carbocycles. The second kappa shape index (κ2) is 4.61. The molecule has 0 amide bonds. The first-order chi connectivity index (χ1) is 6.16. The molecule has 76 valence electrons. The molecule has 0 radical (unpaired) electrons. The van der Waals surface area contributed by atoms with Crippen molar-refractivity contribution in [2.24, 2.45) is 17.8 Å². The summed E-state index contributed by atoms with van der Waals surface area (Å²) in [4.78, 5) is 11.5. The van der Waals surface area contributed by atoms with Crippen LogP contribution in [0.5, 0.6) is 0 Å². The van der Waals surface area contributed by atoms with Gasteiger partial charge in [0.15, 0.2) is 0 Å².